The molecule has 0 N–H and O–H groups in total. The van der Waals surface area contributed by atoms with E-state index in [4.69, 9.17) is 9.47 Å². The summed E-state index contributed by atoms with van der Waals surface area (Å²) >= 11 is 0. The minimum Gasteiger partial charge on any atom is -0.430 e. The summed E-state index contributed by atoms with van der Waals surface area (Å²) in [6.45, 7) is 5.83. The number of rotatable bonds is 3. The first-order chi connectivity index (χ1) is 9.21. The van der Waals surface area contributed by atoms with E-state index in [0.29, 0.717) is 6.61 Å². The van der Waals surface area contributed by atoms with Crippen molar-refractivity contribution in [2.75, 3.05) is 19.7 Å². The molecule has 0 radical (unpaired) electrons. The van der Waals surface area contributed by atoms with Crippen LogP contribution in [0.2, 0.25) is 0 Å². The summed E-state index contributed by atoms with van der Waals surface area (Å²) in [4.78, 5) is 17.7. The maximum absolute atomic E-state index is 11.1. The molecule has 1 aromatic rings. The second-order valence-electron chi connectivity index (χ2n) is 5.09. The third-order valence-corrected chi connectivity index (χ3v) is 3.88. The van der Waals surface area contributed by atoms with Gasteiger partial charge in [-0.15, -0.1) is 0 Å². The maximum Gasteiger partial charge on any atom is 0.509 e. The highest BCUT2D eigenvalue weighted by Gasteiger charge is 2.44. The van der Waals surface area contributed by atoms with Crippen LogP contribution in [-0.2, 0) is 22.6 Å². The number of carbonyl (C=O) groups excluding carboxylic acids is 1. The van der Waals surface area contributed by atoms with E-state index in [2.05, 4.69) is 21.9 Å². The normalized spacial score (nSPS) is 22.5. The number of ether oxygens (including phenoxy) is 2. The van der Waals surface area contributed by atoms with Gasteiger partial charge in [-0.1, -0.05) is 0 Å². The molecule has 0 unspecified atom stereocenters. The summed E-state index contributed by atoms with van der Waals surface area (Å²) < 4.78 is 12.1. The average Bonchev–Trinajstić information content (AvgIpc) is 3.00. The quantitative estimate of drug-likeness (QED) is 0.754. The number of aromatic nitrogens is 3. The average molecular weight is 266 g/mol. The second kappa shape index (κ2) is 4.80. The largest absolute Gasteiger partial charge is 0.509 e. The van der Waals surface area contributed by atoms with Crippen LogP contribution >= 0.6 is 0 Å². The van der Waals surface area contributed by atoms with Gasteiger partial charge in [0.2, 0.25) is 0 Å². The van der Waals surface area contributed by atoms with Gasteiger partial charge in [-0.05, 0) is 6.92 Å². The molecule has 3 heterocycles. The van der Waals surface area contributed by atoms with Gasteiger partial charge in [0.1, 0.15) is 18.8 Å². The highest BCUT2D eigenvalue weighted by Crippen LogP contribution is 2.31. The highest BCUT2D eigenvalue weighted by atomic mass is 16.8. The van der Waals surface area contributed by atoms with Crippen molar-refractivity contribution in [2.24, 2.45) is 0 Å². The number of piperidine rings is 1. The van der Waals surface area contributed by atoms with E-state index in [0.717, 1.165) is 44.8 Å². The Morgan fingerprint density at radius 2 is 2.21 bits per heavy atom. The summed E-state index contributed by atoms with van der Waals surface area (Å²) in [5, 5.41) is 4.17. The highest BCUT2D eigenvalue weighted by molar-refractivity contribution is 5.62. The van der Waals surface area contributed by atoms with E-state index in [1.165, 1.54) is 0 Å². The standard InChI is InChI=1S/C12H18N4O3/c1-2-16-10(13-9-14-16)7-15-5-3-12(4-6-15)8-18-11(17)19-12/h9H,2-8H2,1H3. The van der Waals surface area contributed by atoms with E-state index >= 15 is 0 Å². The van der Waals surface area contributed by atoms with E-state index in [9.17, 15) is 4.79 Å². The maximum atomic E-state index is 11.1. The van der Waals surface area contributed by atoms with Gasteiger partial charge >= 0.3 is 6.16 Å². The molecule has 0 saturated carbocycles. The van der Waals surface area contributed by atoms with Gasteiger partial charge in [0.15, 0.2) is 5.60 Å². The molecule has 0 bridgehead atoms. The lowest BCUT2D eigenvalue weighted by molar-refractivity contribution is -0.00246. The number of nitrogens with zero attached hydrogens (tertiary/aromatic N) is 4. The van der Waals surface area contributed by atoms with Crippen molar-refractivity contribution >= 4 is 6.16 Å². The number of hydrogen-bond acceptors (Lipinski definition) is 6. The van der Waals surface area contributed by atoms with Gasteiger partial charge in [0, 0.05) is 32.5 Å². The molecular formula is C12H18N4O3. The number of cyclic esters (lactones) is 1. The number of hydrogen-bond donors (Lipinski definition) is 0. The van der Waals surface area contributed by atoms with Crippen LogP contribution in [0.25, 0.3) is 0 Å². The third kappa shape index (κ3) is 2.42. The molecule has 7 nitrogen and oxygen atoms in total. The zero-order valence-electron chi connectivity index (χ0n) is 11.0. The van der Waals surface area contributed by atoms with Crippen LogP contribution in [0.5, 0.6) is 0 Å². The lowest BCUT2D eigenvalue weighted by Crippen LogP contribution is -2.45. The van der Waals surface area contributed by atoms with E-state index in [1.807, 2.05) is 4.68 Å². The Morgan fingerprint density at radius 3 is 2.84 bits per heavy atom. The Morgan fingerprint density at radius 1 is 1.42 bits per heavy atom. The lowest BCUT2D eigenvalue weighted by Gasteiger charge is -2.35. The Bertz CT molecular complexity index is 465. The lowest BCUT2D eigenvalue weighted by atomic mass is 9.92. The molecule has 19 heavy (non-hydrogen) atoms. The third-order valence-electron chi connectivity index (χ3n) is 3.88. The molecule has 2 aliphatic heterocycles. The summed E-state index contributed by atoms with van der Waals surface area (Å²) in [6, 6.07) is 0. The molecule has 2 aliphatic rings. The van der Waals surface area contributed by atoms with Crippen LogP contribution in [0, 0.1) is 0 Å². The van der Waals surface area contributed by atoms with E-state index in [-0.39, 0.29) is 5.60 Å². The molecule has 1 aromatic heterocycles. The molecule has 2 fully saturated rings. The SMILES string of the molecule is CCn1ncnc1CN1CCC2(CC1)COC(=O)O2. The molecule has 104 valence electrons. The Hall–Kier alpha value is -1.63. The summed E-state index contributed by atoms with van der Waals surface area (Å²) in [6.07, 6.45) is 2.70. The van der Waals surface area contributed by atoms with Crippen LogP contribution in [0.3, 0.4) is 0 Å². The van der Waals surface area contributed by atoms with Crippen LogP contribution in [0.15, 0.2) is 6.33 Å². The first-order valence-corrected chi connectivity index (χ1v) is 6.66. The second-order valence-corrected chi connectivity index (χ2v) is 5.09. The van der Waals surface area contributed by atoms with Crippen LogP contribution in [0.1, 0.15) is 25.6 Å². The Labute approximate surface area is 111 Å². The molecule has 0 atom stereocenters. The van der Waals surface area contributed by atoms with Crippen molar-refractivity contribution in [2.45, 2.75) is 38.5 Å². The predicted octanol–water partition coefficient (Wildman–Crippen LogP) is 0.799. The molecule has 0 aliphatic carbocycles. The van der Waals surface area contributed by atoms with Gasteiger partial charge in [0.25, 0.3) is 0 Å². The Balaban J connectivity index is 1.57. The van der Waals surface area contributed by atoms with Gasteiger partial charge in [-0.25, -0.2) is 14.5 Å². The molecule has 0 aromatic carbocycles. The molecular weight excluding hydrogens is 248 g/mol. The van der Waals surface area contributed by atoms with Crippen molar-refractivity contribution in [3.63, 3.8) is 0 Å². The minimum atomic E-state index is -0.529. The minimum absolute atomic E-state index is 0.383. The first kappa shape index (κ1) is 12.4. The monoisotopic (exact) mass is 266 g/mol. The predicted molar refractivity (Wildman–Crippen MR) is 65.4 cm³/mol. The molecule has 7 heteroatoms. The topological polar surface area (TPSA) is 69.5 Å². The van der Waals surface area contributed by atoms with Gasteiger partial charge in [0.05, 0.1) is 6.54 Å². The smallest absolute Gasteiger partial charge is 0.430 e. The van der Waals surface area contributed by atoms with Crippen molar-refractivity contribution in [1.82, 2.24) is 19.7 Å². The van der Waals surface area contributed by atoms with Crippen molar-refractivity contribution in [1.29, 1.82) is 0 Å². The molecule has 0 amide bonds. The van der Waals surface area contributed by atoms with Gasteiger partial charge < -0.3 is 9.47 Å². The zero-order chi connectivity index (χ0) is 13.3. The fourth-order valence-electron chi connectivity index (χ4n) is 2.67. The van der Waals surface area contributed by atoms with Crippen molar-refractivity contribution < 1.29 is 14.3 Å². The summed E-state index contributed by atoms with van der Waals surface area (Å²) in [5.74, 6) is 0.984. The molecule has 3 rings (SSSR count). The van der Waals surface area contributed by atoms with Crippen LogP contribution in [-0.4, -0.2) is 51.1 Å². The number of aryl methyl sites for hydroxylation is 1. The number of likely N-dealkylation sites (tertiary alicyclic amines) is 1. The van der Waals surface area contributed by atoms with Crippen molar-refractivity contribution in [3.05, 3.63) is 12.2 Å². The Kier molecular flexibility index (Phi) is 3.14. The van der Waals surface area contributed by atoms with E-state index in [1.54, 1.807) is 6.33 Å². The van der Waals surface area contributed by atoms with Crippen LogP contribution < -0.4 is 0 Å². The fourth-order valence-corrected chi connectivity index (χ4v) is 2.67. The van der Waals surface area contributed by atoms with Crippen LogP contribution in [0.4, 0.5) is 4.79 Å². The van der Waals surface area contributed by atoms with E-state index < -0.39 is 6.16 Å². The fraction of sp³-hybridized carbons (Fsp3) is 0.750. The summed E-state index contributed by atoms with van der Waals surface area (Å²) in [7, 11) is 0. The molecule has 1 spiro atoms. The zero-order valence-corrected chi connectivity index (χ0v) is 11.0. The van der Waals surface area contributed by atoms with Gasteiger partial charge in [-0.2, -0.15) is 5.10 Å². The molecule has 2 saturated heterocycles. The first-order valence-electron chi connectivity index (χ1n) is 6.66. The summed E-state index contributed by atoms with van der Waals surface area (Å²) in [5.41, 5.74) is -0.383. The van der Waals surface area contributed by atoms with Gasteiger partial charge in [-0.3, -0.25) is 4.90 Å². The number of carbonyl (C=O) groups is 1. The van der Waals surface area contributed by atoms with Crippen molar-refractivity contribution in [3.8, 4) is 0 Å².